The monoisotopic (exact) mass is 293 g/mol. The molecule has 90 valence electrons. The van der Waals surface area contributed by atoms with Crippen molar-refractivity contribution in [1.82, 2.24) is 0 Å². The third-order valence-corrected chi connectivity index (χ3v) is 1.29. The first-order valence-electron chi connectivity index (χ1n) is 4.54. The standard InChI is InChI=1S/C8H11.3CH4O.Zr/c1-2-5-8-6-3-4-7-8;3*1-2;/h3,6H,2,4-5H2,1H3;3*2H,1H3;/q-1;;;;. The van der Waals surface area contributed by atoms with Crippen molar-refractivity contribution in [2.24, 2.45) is 0 Å². The predicted octanol–water partition coefficient (Wildman–Crippen LogP) is 1.30. The maximum absolute atomic E-state index is 7.00. The zero-order valence-electron chi connectivity index (χ0n) is 10.1. The molecule has 0 radical (unpaired) electrons. The molecule has 0 aromatic rings. The summed E-state index contributed by atoms with van der Waals surface area (Å²) in [6.45, 7) is 2.20. The Morgan fingerprint density at radius 3 is 1.87 bits per heavy atom. The van der Waals surface area contributed by atoms with Gasteiger partial charge in [-0.05, 0) is 0 Å². The van der Waals surface area contributed by atoms with Gasteiger partial charge in [-0.25, -0.2) is 11.6 Å². The molecule has 1 aliphatic carbocycles. The summed E-state index contributed by atoms with van der Waals surface area (Å²) in [4.78, 5) is 0. The van der Waals surface area contributed by atoms with E-state index in [9.17, 15) is 0 Å². The van der Waals surface area contributed by atoms with Crippen LogP contribution < -0.4 is 0 Å². The quantitative estimate of drug-likeness (QED) is 0.673. The van der Waals surface area contributed by atoms with Crippen molar-refractivity contribution in [2.45, 2.75) is 26.2 Å². The van der Waals surface area contributed by atoms with E-state index in [-0.39, 0.29) is 26.2 Å². The fourth-order valence-electron chi connectivity index (χ4n) is 0.891. The number of allylic oxidation sites excluding steroid dienone is 4. The van der Waals surface area contributed by atoms with Gasteiger partial charge < -0.3 is 15.3 Å². The molecule has 0 aromatic carbocycles. The molecule has 0 fully saturated rings. The normalized spacial score (nSPS) is 10.2. The van der Waals surface area contributed by atoms with E-state index in [0.717, 1.165) is 27.8 Å². The smallest absolute Gasteiger partial charge is 0.0319 e. The molecule has 1 aliphatic rings. The summed E-state index contributed by atoms with van der Waals surface area (Å²) < 4.78 is 0. The number of hydrogen-bond acceptors (Lipinski definition) is 3. The second kappa shape index (κ2) is 29.2. The van der Waals surface area contributed by atoms with E-state index in [1.807, 2.05) is 0 Å². The summed E-state index contributed by atoms with van der Waals surface area (Å²) in [6, 6.07) is 0. The second-order valence-electron chi connectivity index (χ2n) is 2.06. The zero-order valence-corrected chi connectivity index (χ0v) is 12.6. The van der Waals surface area contributed by atoms with Crippen molar-refractivity contribution >= 4 is 0 Å². The van der Waals surface area contributed by atoms with Gasteiger partial charge in [0.2, 0.25) is 0 Å². The molecule has 0 bridgehead atoms. The van der Waals surface area contributed by atoms with Crippen molar-refractivity contribution in [3.63, 3.8) is 0 Å². The Morgan fingerprint density at radius 1 is 1.13 bits per heavy atom. The first-order chi connectivity index (χ1) is 6.93. The molecular formula is C11H23O3Zr-. The molecule has 0 amide bonds. The van der Waals surface area contributed by atoms with Crippen molar-refractivity contribution in [3.05, 3.63) is 23.8 Å². The van der Waals surface area contributed by atoms with Crippen molar-refractivity contribution in [1.29, 1.82) is 0 Å². The SMILES string of the molecule is CCCC1=[C-]CC=C1.CO.CO.CO.[Zr]. The van der Waals surface area contributed by atoms with Crippen LogP contribution in [0.15, 0.2) is 17.7 Å². The Balaban J connectivity index is -0.0000000755. The van der Waals surface area contributed by atoms with Gasteiger partial charge in [-0.2, -0.15) is 6.08 Å². The summed E-state index contributed by atoms with van der Waals surface area (Å²) >= 11 is 0. The molecule has 3 N–H and O–H groups in total. The molecule has 0 atom stereocenters. The summed E-state index contributed by atoms with van der Waals surface area (Å²) in [5.41, 5.74) is 1.40. The molecular weight excluding hydrogens is 271 g/mol. The summed E-state index contributed by atoms with van der Waals surface area (Å²) in [5.74, 6) is 0. The molecule has 0 aromatic heterocycles. The molecule has 0 spiro atoms. The molecule has 15 heavy (non-hydrogen) atoms. The number of aliphatic hydroxyl groups is 3. The van der Waals surface area contributed by atoms with Crippen LogP contribution in [-0.2, 0) is 26.2 Å². The molecule has 0 unspecified atom stereocenters. The van der Waals surface area contributed by atoms with Crippen LogP contribution in [0.5, 0.6) is 0 Å². The first kappa shape index (κ1) is 24.5. The number of hydrogen-bond donors (Lipinski definition) is 3. The van der Waals surface area contributed by atoms with E-state index in [1.54, 1.807) is 0 Å². The molecule has 0 saturated carbocycles. The fraction of sp³-hybridized carbons (Fsp3) is 0.636. The van der Waals surface area contributed by atoms with Gasteiger partial charge in [-0.15, -0.1) is 6.42 Å². The number of aliphatic hydroxyl groups excluding tert-OH is 3. The predicted molar refractivity (Wildman–Crippen MR) is 59.8 cm³/mol. The van der Waals surface area contributed by atoms with Crippen molar-refractivity contribution in [2.75, 3.05) is 21.3 Å². The van der Waals surface area contributed by atoms with E-state index in [4.69, 9.17) is 15.3 Å². The van der Waals surface area contributed by atoms with Gasteiger partial charge in [0.1, 0.15) is 0 Å². The molecule has 4 heteroatoms. The maximum Gasteiger partial charge on any atom is 0.0319 e. The minimum atomic E-state index is 0. The van der Waals surface area contributed by atoms with Crippen LogP contribution in [-0.4, -0.2) is 36.6 Å². The van der Waals surface area contributed by atoms with Crippen LogP contribution in [0.1, 0.15) is 26.2 Å². The van der Waals surface area contributed by atoms with Gasteiger partial charge >= 0.3 is 0 Å². The Labute approximate surface area is 113 Å². The largest absolute Gasteiger partial charge is 0.400 e. The van der Waals surface area contributed by atoms with Crippen LogP contribution in [0.25, 0.3) is 0 Å². The molecule has 0 heterocycles. The van der Waals surface area contributed by atoms with Crippen LogP contribution in [0, 0.1) is 6.08 Å². The Morgan fingerprint density at radius 2 is 1.60 bits per heavy atom. The van der Waals surface area contributed by atoms with Crippen molar-refractivity contribution in [3.8, 4) is 0 Å². The van der Waals surface area contributed by atoms with Gasteiger partial charge in [0.15, 0.2) is 0 Å². The van der Waals surface area contributed by atoms with E-state index < -0.39 is 0 Å². The van der Waals surface area contributed by atoms with Gasteiger partial charge in [-0.1, -0.05) is 19.8 Å². The average molecular weight is 295 g/mol. The maximum atomic E-state index is 7.00. The third-order valence-electron chi connectivity index (χ3n) is 1.29. The fourth-order valence-corrected chi connectivity index (χ4v) is 0.891. The van der Waals surface area contributed by atoms with E-state index in [1.165, 1.54) is 18.4 Å². The second-order valence-corrected chi connectivity index (χ2v) is 2.06. The molecule has 0 saturated heterocycles. The molecule has 3 nitrogen and oxygen atoms in total. The summed E-state index contributed by atoms with van der Waals surface area (Å²) in [6.07, 6.45) is 11.1. The Hall–Kier alpha value is 0.243. The average Bonchev–Trinajstić information content (AvgIpc) is 2.80. The van der Waals surface area contributed by atoms with Crippen LogP contribution in [0.3, 0.4) is 0 Å². The molecule has 0 aliphatic heterocycles. The zero-order chi connectivity index (χ0) is 11.8. The summed E-state index contributed by atoms with van der Waals surface area (Å²) in [7, 11) is 3.00. The van der Waals surface area contributed by atoms with E-state index in [0.29, 0.717) is 0 Å². The van der Waals surface area contributed by atoms with E-state index in [2.05, 4.69) is 25.2 Å². The van der Waals surface area contributed by atoms with Crippen LogP contribution in [0.4, 0.5) is 0 Å². The minimum Gasteiger partial charge on any atom is -0.400 e. The Kier molecular flexibility index (Phi) is 47.7. The number of rotatable bonds is 2. The van der Waals surface area contributed by atoms with Gasteiger partial charge in [-0.3, -0.25) is 6.08 Å². The minimum absolute atomic E-state index is 0. The first-order valence-corrected chi connectivity index (χ1v) is 4.54. The van der Waals surface area contributed by atoms with Crippen LogP contribution >= 0.6 is 0 Å². The van der Waals surface area contributed by atoms with Gasteiger partial charge in [0, 0.05) is 47.5 Å². The molecule has 1 rings (SSSR count). The Bertz CT molecular complexity index is 134. The topological polar surface area (TPSA) is 60.7 Å². The summed E-state index contributed by atoms with van der Waals surface area (Å²) in [5, 5.41) is 21.0. The van der Waals surface area contributed by atoms with E-state index >= 15 is 0 Å². The third kappa shape index (κ3) is 20.3. The van der Waals surface area contributed by atoms with Gasteiger partial charge in [0.05, 0.1) is 0 Å². The van der Waals surface area contributed by atoms with Gasteiger partial charge in [0.25, 0.3) is 0 Å². The van der Waals surface area contributed by atoms with Crippen molar-refractivity contribution < 1.29 is 41.5 Å². The van der Waals surface area contributed by atoms with Crippen LogP contribution in [0.2, 0.25) is 0 Å².